The summed E-state index contributed by atoms with van der Waals surface area (Å²) < 4.78 is 5.51. The zero-order chi connectivity index (χ0) is 15.0. The average molecular weight is 305 g/mol. The van der Waals surface area contributed by atoms with Crippen molar-refractivity contribution in [3.05, 3.63) is 34.9 Å². The lowest BCUT2D eigenvalue weighted by Gasteiger charge is -2.12. The summed E-state index contributed by atoms with van der Waals surface area (Å²) in [6.45, 7) is 1.86. The van der Waals surface area contributed by atoms with Crippen LogP contribution in [-0.4, -0.2) is 23.0 Å². The van der Waals surface area contributed by atoms with Crippen molar-refractivity contribution in [2.75, 3.05) is 0 Å². The predicted molar refractivity (Wildman–Crippen MR) is 78.4 cm³/mol. The topological polar surface area (TPSA) is 79.5 Å². The van der Waals surface area contributed by atoms with E-state index < -0.39 is 12.0 Å². The molecule has 0 bridgehead atoms. The summed E-state index contributed by atoms with van der Waals surface area (Å²) >= 11 is 1.29. The van der Waals surface area contributed by atoms with Gasteiger partial charge in [0.1, 0.15) is 17.6 Å². The van der Waals surface area contributed by atoms with Gasteiger partial charge in [-0.2, -0.15) is 0 Å². The Morgan fingerprint density at radius 1 is 1.33 bits per heavy atom. The Hall–Kier alpha value is -2.08. The lowest BCUT2D eigenvalue weighted by atomic mass is 10.2. The van der Waals surface area contributed by atoms with E-state index in [-0.39, 0.29) is 11.8 Å². The van der Waals surface area contributed by atoms with E-state index in [9.17, 15) is 9.59 Å². The fourth-order valence-electron chi connectivity index (χ4n) is 2.18. The summed E-state index contributed by atoms with van der Waals surface area (Å²) in [5.41, 5.74) is 0. The van der Waals surface area contributed by atoms with Crippen LogP contribution in [0.2, 0.25) is 0 Å². The number of carbonyl (C=O) groups is 2. The molecule has 1 amide bonds. The molecule has 0 aromatic carbocycles. The highest BCUT2D eigenvalue weighted by atomic mass is 32.1. The summed E-state index contributed by atoms with van der Waals surface area (Å²) in [6.07, 6.45) is 1.72. The molecule has 2 N–H and O–H groups in total. The van der Waals surface area contributed by atoms with Crippen molar-refractivity contribution in [2.24, 2.45) is 5.92 Å². The average Bonchev–Trinajstić information content (AvgIpc) is 2.98. The number of hydrogen-bond donors (Lipinski definition) is 2. The molecule has 1 fully saturated rings. The Morgan fingerprint density at radius 2 is 2.10 bits per heavy atom. The lowest BCUT2D eigenvalue weighted by molar-refractivity contribution is -0.139. The maximum atomic E-state index is 12.1. The highest BCUT2D eigenvalue weighted by Gasteiger charge is 2.37. The molecule has 2 heterocycles. The first-order valence-electron chi connectivity index (χ1n) is 6.75. The third-order valence-corrected chi connectivity index (χ3v) is 4.56. The molecule has 1 atom stereocenters. The molecule has 1 saturated carbocycles. The molecule has 1 unspecified atom stereocenters. The second-order valence-electron chi connectivity index (χ2n) is 5.20. The number of furan rings is 1. The van der Waals surface area contributed by atoms with Gasteiger partial charge in [-0.15, -0.1) is 11.3 Å². The fraction of sp³-hybridized carbons (Fsp3) is 0.333. The van der Waals surface area contributed by atoms with Gasteiger partial charge in [-0.05, 0) is 49.9 Å². The van der Waals surface area contributed by atoms with Crippen LogP contribution in [0.4, 0.5) is 0 Å². The van der Waals surface area contributed by atoms with Crippen molar-refractivity contribution in [1.29, 1.82) is 0 Å². The molecule has 110 valence electrons. The summed E-state index contributed by atoms with van der Waals surface area (Å²) in [7, 11) is 0. The lowest BCUT2D eigenvalue weighted by Crippen LogP contribution is -2.42. The van der Waals surface area contributed by atoms with Crippen molar-refractivity contribution >= 4 is 23.2 Å². The normalized spacial score (nSPS) is 15.7. The summed E-state index contributed by atoms with van der Waals surface area (Å²) in [5.74, 6) is 0.286. The van der Waals surface area contributed by atoms with Gasteiger partial charge in [0.2, 0.25) is 0 Å². The third-order valence-electron chi connectivity index (χ3n) is 3.46. The molecule has 1 aliphatic carbocycles. The van der Waals surface area contributed by atoms with Gasteiger partial charge >= 0.3 is 5.97 Å². The molecule has 3 rings (SSSR count). The van der Waals surface area contributed by atoms with E-state index in [0.29, 0.717) is 10.6 Å². The van der Waals surface area contributed by atoms with E-state index in [1.165, 1.54) is 11.3 Å². The molecule has 0 radical (unpaired) electrons. The third kappa shape index (κ3) is 3.00. The van der Waals surface area contributed by atoms with Crippen LogP contribution in [0.15, 0.2) is 28.7 Å². The number of hydrogen-bond acceptors (Lipinski definition) is 4. The molecule has 21 heavy (non-hydrogen) atoms. The Labute approximate surface area is 125 Å². The van der Waals surface area contributed by atoms with E-state index in [4.69, 9.17) is 9.52 Å². The smallest absolute Gasteiger partial charge is 0.326 e. The predicted octanol–water partition coefficient (Wildman–Crippen LogP) is 2.91. The molecule has 2 aromatic rings. The summed E-state index contributed by atoms with van der Waals surface area (Å²) in [4.78, 5) is 24.6. The Morgan fingerprint density at radius 3 is 2.67 bits per heavy atom. The number of nitrogens with one attached hydrogen (secondary N) is 1. The monoisotopic (exact) mass is 305 g/mol. The van der Waals surface area contributed by atoms with Gasteiger partial charge in [0.15, 0.2) is 0 Å². The Balaban J connectivity index is 1.73. The standard InChI is InChI=1S/C15H15NO4S/c1-8-2-5-10(20-8)11-6-7-12(21-11)14(17)16-13(15(18)19)9-3-4-9/h2,5-7,9,13H,3-4H2,1H3,(H,16,17)(H,18,19). The number of aliphatic carboxylic acids is 1. The van der Waals surface area contributed by atoms with Crippen molar-refractivity contribution in [1.82, 2.24) is 5.32 Å². The summed E-state index contributed by atoms with van der Waals surface area (Å²) in [6, 6.07) is 6.44. The maximum Gasteiger partial charge on any atom is 0.326 e. The summed E-state index contributed by atoms with van der Waals surface area (Å²) in [5, 5.41) is 11.7. The first kappa shape index (κ1) is 13.9. The number of aryl methyl sites for hydroxylation is 1. The molecule has 0 saturated heterocycles. The Kier molecular flexibility index (Phi) is 3.55. The first-order valence-corrected chi connectivity index (χ1v) is 7.56. The van der Waals surface area contributed by atoms with Crippen molar-refractivity contribution in [3.8, 4) is 10.6 Å². The van der Waals surface area contributed by atoms with Crippen LogP contribution in [0, 0.1) is 12.8 Å². The maximum absolute atomic E-state index is 12.1. The molecule has 2 aromatic heterocycles. The zero-order valence-electron chi connectivity index (χ0n) is 11.5. The zero-order valence-corrected chi connectivity index (χ0v) is 12.3. The Bertz CT molecular complexity index is 683. The van der Waals surface area contributed by atoms with Crippen LogP contribution in [0.3, 0.4) is 0 Å². The van der Waals surface area contributed by atoms with Gasteiger partial charge in [0, 0.05) is 0 Å². The minimum atomic E-state index is -0.968. The van der Waals surface area contributed by atoms with E-state index in [1.54, 1.807) is 6.07 Å². The van der Waals surface area contributed by atoms with Crippen LogP contribution >= 0.6 is 11.3 Å². The van der Waals surface area contributed by atoms with Crippen LogP contribution < -0.4 is 5.32 Å². The largest absolute Gasteiger partial charge is 0.480 e. The van der Waals surface area contributed by atoms with E-state index in [2.05, 4.69) is 5.32 Å². The van der Waals surface area contributed by atoms with Gasteiger partial charge in [0.25, 0.3) is 5.91 Å². The minimum Gasteiger partial charge on any atom is -0.480 e. The SMILES string of the molecule is Cc1ccc(-c2ccc(C(=O)NC(C(=O)O)C3CC3)s2)o1. The highest BCUT2D eigenvalue weighted by molar-refractivity contribution is 7.17. The highest BCUT2D eigenvalue weighted by Crippen LogP contribution is 2.33. The van der Waals surface area contributed by atoms with Crippen LogP contribution in [-0.2, 0) is 4.79 Å². The molecule has 1 aliphatic rings. The van der Waals surface area contributed by atoms with Crippen LogP contribution in [0.1, 0.15) is 28.3 Å². The van der Waals surface area contributed by atoms with Crippen LogP contribution in [0.5, 0.6) is 0 Å². The van der Waals surface area contributed by atoms with Crippen molar-refractivity contribution < 1.29 is 19.1 Å². The first-order chi connectivity index (χ1) is 10.0. The van der Waals surface area contributed by atoms with Crippen LogP contribution in [0.25, 0.3) is 10.6 Å². The number of carboxylic acid groups (broad SMARTS) is 1. The molecule has 0 aliphatic heterocycles. The number of thiophene rings is 1. The van der Waals surface area contributed by atoms with Gasteiger partial charge in [0.05, 0.1) is 9.75 Å². The van der Waals surface area contributed by atoms with E-state index in [0.717, 1.165) is 23.5 Å². The van der Waals surface area contributed by atoms with E-state index in [1.807, 2.05) is 25.1 Å². The van der Waals surface area contributed by atoms with Crippen molar-refractivity contribution in [3.63, 3.8) is 0 Å². The number of amides is 1. The molecule has 6 heteroatoms. The number of rotatable bonds is 5. The van der Waals surface area contributed by atoms with Gasteiger partial charge in [-0.25, -0.2) is 4.79 Å². The quantitative estimate of drug-likeness (QED) is 0.890. The minimum absolute atomic E-state index is 0.0682. The molecular formula is C15H15NO4S. The second kappa shape index (κ2) is 5.37. The van der Waals surface area contributed by atoms with Gasteiger partial charge < -0.3 is 14.8 Å². The van der Waals surface area contributed by atoms with Gasteiger partial charge in [-0.1, -0.05) is 0 Å². The van der Waals surface area contributed by atoms with Crippen molar-refractivity contribution in [2.45, 2.75) is 25.8 Å². The van der Waals surface area contributed by atoms with E-state index >= 15 is 0 Å². The number of carboxylic acids is 1. The fourth-order valence-corrected chi connectivity index (χ4v) is 3.05. The number of carbonyl (C=O) groups excluding carboxylic acids is 1. The second-order valence-corrected chi connectivity index (χ2v) is 6.28. The van der Waals surface area contributed by atoms with Gasteiger partial charge in [-0.3, -0.25) is 4.79 Å². The molecule has 0 spiro atoms. The molecular weight excluding hydrogens is 290 g/mol. The molecule has 5 nitrogen and oxygen atoms in total.